The second kappa shape index (κ2) is 6.63. The molecule has 1 unspecified atom stereocenters. The molecule has 1 aromatic rings. The first-order chi connectivity index (χ1) is 8.05. The highest BCUT2D eigenvalue weighted by Gasteiger charge is 2.09. The summed E-state index contributed by atoms with van der Waals surface area (Å²) in [5.41, 5.74) is 7.74. The van der Waals surface area contributed by atoms with E-state index in [1.165, 1.54) is 5.56 Å². The number of hydrogen-bond acceptors (Lipinski definition) is 3. The van der Waals surface area contributed by atoms with Gasteiger partial charge in [0.2, 0.25) is 0 Å². The third-order valence-corrected chi connectivity index (χ3v) is 3.04. The minimum atomic E-state index is 0.0550. The van der Waals surface area contributed by atoms with Gasteiger partial charge < -0.3 is 5.73 Å². The van der Waals surface area contributed by atoms with Gasteiger partial charge in [-0.15, -0.1) is 0 Å². The Morgan fingerprint density at radius 3 is 2.71 bits per heavy atom. The molecule has 92 valence electrons. The van der Waals surface area contributed by atoms with E-state index in [4.69, 9.17) is 11.0 Å². The normalized spacial score (nSPS) is 12.4. The zero-order valence-electron chi connectivity index (χ0n) is 10.3. The lowest BCUT2D eigenvalue weighted by Gasteiger charge is -2.21. The molecule has 0 aliphatic heterocycles. The van der Waals surface area contributed by atoms with Gasteiger partial charge in [0.25, 0.3) is 0 Å². The van der Waals surface area contributed by atoms with E-state index in [-0.39, 0.29) is 5.92 Å². The molecule has 0 aromatic heterocycles. The first-order valence-electron chi connectivity index (χ1n) is 5.72. The summed E-state index contributed by atoms with van der Waals surface area (Å²) in [6.45, 7) is 6.59. The van der Waals surface area contributed by atoms with Crippen molar-refractivity contribution in [1.82, 2.24) is 4.90 Å². The fourth-order valence-corrected chi connectivity index (χ4v) is 2.32. The minimum Gasteiger partial charge on any atom is -0.399 e. The van der Waals surface area contributed by atoms with Crippen molar-refractivity contribution >= 4 is 21.6 Å². The van der Waals surface area contributed by atoms with Crippen LogP contribution >= 0.6 is 15.9 Å². The van der Waals surface area contributed by atoms with Crippen LogP contribution < -0.4 is 5.73 Å². The van der Waals surface area contributed by atoms with Gasteiger partial charge in [0.15, 0.2) is 0 Å². The molecule has 0 radical (unpaired) electrons. The van der Waals surface area contributed by atoms with E-state index in [9.17, 15) is 0 Å². The number of hydrogen-bond donors (Lipinski definition) is 1. The summed E-state index contributed by atoms with van der Waals surface area (Å²) in [6.07, 6.45) is 0. The molecule has 1 rings (SSSR count). The van der Waals surface area contributed by atoms with Crippen molar-refractivity contribution in [2.75, 3.05) is 18.8 Å². The van der Waals surface area contributed by atoms with Gasteiger partial charge in [-0.25, -0.2) is 0 Å². The Hall–Kier alpha value is -1.05. The highest BCUT2D eigenvalue weighted by Crippen LogP contribution is 2.18. The number of nitrogens with zero attached hydrogens (tertiary/aromatic N) is 2. The average Bonchev–Trinajstić information content (AvgIpc) is 2.26. The molecule has 4 heteroatoms. The van der Waals surface area contributed by atoms with Crippen LogP contribution in [0.2, 0.25) is 0 Å². The molecule has 0 heterocycles. The Labute approximate surface area is 111 Å². The Kier molecular flexibility index (Phi) is 5.46. The van der Waals surface area contributed by atoms with Crippen molar-refractivity contribution in [3.05, 3.63) is 28.2 Å². The van der Waals surface area contributed by atoms with Crippen LogP contribution in [0.1, 0.15) is 19.4 Å². The molecule has 17 heavy (non-hydrogen) atoms. The Balaban J connectivity index is 2.70. The van der Waals surface area contributed by atoms with Crippen LogP contribution in [0.15, 0.2) is 22.7 Å². The Morgan fingerprint density at radius 2 is 2.18 bits per heavy atom. The third-order valence-electron chi connectivity index (χ3n) is 2.59. The van der Waals surface area contributed by atoms with Gasteiger partial charge in [-0.05, 0) is 37.2 Å². The molecular formula is C13H18BrN3. The molecular weight excluding hydrogens is 278 g/mol. The summed E-state index contributed by atoms with van der Waals surface area (Å²) in [5, 5.41) is 8.83. The van der Waals surface area contributed by atoms with E-state index in [1.807, 2.05) is 19.1 Å². The van der Waals surface area contributed by atoms with Crippen molar-refractivity contribution in [2.24, 2.45) is 5.92 Å². The lowest BCUT2D eigenvalue weighted by Crippen LogP contribution is -2.27. The first kappa shape index (κ1) is 14.0. The second-order valence-corrected chi connectivity index (χ2v) is 5.17. The number of nitrogens with two attached hydrogens (primary N) is 1. The number of halogens is 1. The van der Waals surface area contributed by atoms with Crippen LogP contribution in [0, 0.1) is 17.2 Å². The van der Waals surface area contributed by atoms with Gasteiger partial charge in [0.1, 0.15) is 0 Å². The molecule has 0 amide bonds. The lowest BCUT2D eigenvalue weighted by atomic mass is 10.1. The molecule has 0 saturated heterocycles. The van der Waals surface area contributed by atoms with Crippen molar-refractivity contribution in [3.8, 4) is 6.07 Å². The quantitative estimate of drug-likeness (QED) is 0.850. The molecule has 2 N–H and O–H groups in total. The summed E-state index contributed by atoms with van der Waals surface area (Å²) in [6, 6.07) is 8.19. The first-order valence-corrected chi connectivity index (χ1v) is 6.51. The highest BCUT2D eigenvalue weighted by molar-refractivity contribution is 9.10. The molecule has 1 atom stereocenters. The second-order valence-electron chi connectivity index (χ2n) is 4.25. The fraction of sp³-hybridized carbons (Fsp3) is 0.462. The average molecular weight is 296 g/mol. The van der Waals surface area contributed by atoms with E-state index in [0.717, 1.165) is 29.8 Å². The summed E-state index contributed by atoms with van der Waals surface area (Å²) < 4.78 is 0.997. The van der Waals surface area contributed by atoms with Gasteiger partial charge in [0.05, 0.1) is 12.0 Å². The van der Waals surface area contributed by atoms with Gasteiger partial charge in [-0.1, -0.05) is 22.9 Å². The molecule has 0 aliphatic carbocycles. The van der Waals surface area contributed by atoms with E-state index >= 15 is 0 Å². The molecule has 0 bridgehead atoms. The predicted molar refractivity (Wildman–Crippen MR) is 74.3 cm³/mol. The van der Waals surface area contributed by atoms with Crippen molar-refractivity contribution < 1.29 is 0 Å². The molecule has 0 spiro atoms. The summed E-state index contributed by atoms with van der Waals surface area (Å²) >= 11 is 3.44. The van der Waals surface area contributed by atoms with Crippen LogP contribution in [-0.2, 0) is 6.54 Å². The zero-order chi connectivity index (χ0) is 12.8. The maximum absolute atomic E-state index is 8.83. The van der Waals surface area contributed by atoms with Gasteiger partial charge in [-0.2, -0.15) is 5.26 Å². The van der Waals surface area contributed by atoms with Crippen LogP contribution in [0.3, 0.4) is 0 Å². The monoisotopic (exact) mass is 295 g/mol. The number of nitrogen functional groups attached to an aromatic ring is 1. The van der Waals surface area contributed by atoms with Crippen molar-refractivity contribution in [1.29, 1.82) is 5.26 Å². The standard InChI is InChI=1S/C13H18BrN3/c1-3-17(8-10(2)7-15)9-11-4-12(14)6-13(16)5-11/h4-6,10H,3,8-9,16H2,1-2H3. The van der Waals surface area contributed by atoms with Gasteiger partial charge in [-0.3, -0.25) is 4.90 Å². The van der Waals surface area contributed by atoms with Crippen LogP contribution in [-0.4, -0.2) is 18.0 Å². The lowest BCUT2D eigenvalue weighted by molar-refractivity contribution is 0.260. The summed E-state index contributed by atoms with van der Waals surface area (Å²) in [4.78, 5) is 2.25. The van der Waals surface area contributed by atoms with E-state index in [2.05, 4.69) is 39.9 Å². The highest BCUT2D eigenvalue weighted by atomic mass is 79.9. The van der Waals surface area contributed by atoms with Gasteiger partial charge >= 0.3 is 0 Å². The van der Waals surface area contributed by atoms with Gasteiger partial charge in [0, 0.05) is 23.2 Å². The zero-order valence-corrected chi connectivity index (χ0v) is 11.9. The molecule has 0 fully saturated rings. The number of rotatable bonds is 5. The fourth-order valence-electron chi connectivity index (χ4n) is 1.76. The van der Waals surface area contributed by atoms with Crippen LogP contribution in [0.4, 0.5) is 5.69 Å². The van der Waals surface area contributed by atoms with Crippen LogP contribution in [0.5, 0.6) is 0 Å². The van der Waals surface area contributed by atoms with Crippen LogP contribution in [0.25, 0.3) is 0 Å². The predicted octanol–water partition coefficient (Wildman–Crippen LogP) is 3.01. The molecule has 3 nitrogen and oxygen atoms in total. The molecule has 0 saturated carbocycles. The Bertz CT molecular complexity index is 391. The van der Waals surface area contributed by atoms with Crippen molar-refractivity contribution in [3.63, 3.8) is 0 Å². The molecule has 1 aromatic carbocycles. The maximum atomic E-state index is 8.83. The summed E-state index contributed by atoms with van der Waals surface area (Å²) in [7, 11) is 0. The van der Waals surface area contributed by atoms with E-state index in [0.29, 0.717) is 0 Å². The van der Waals surface area contributed by atoms with E-state index in [1.54, 1.807) is 0 Å². The SMILES string of the molecule is CCN(Cc1cc(N)cc(Br)c1)CC(C)C#N. The number of benzene rings is 1. The summed E-state index contributed by atoms with van der Waals surface area (Å²) in [5.74, 6) is 0.0550. The maximum Gasteiger partial charge on any atom is 0.0666 e. The Morgan fingerprint density at radius 1 is 1.47 bits per heavy atom. The molecule has 0 aliphatic rings. The van der Waals surface area contributed by atoms with Crippen molar-refractivity contribution in [2.45, 2.75) is 20.4 Å². The third kappa shape index (κ3) is 4.76. The largest absolute Gasteiger partial charge is 0.399 e. The topological polar surface area (TPSA) is 53.0 Å². The smallest absolute Gasteiger partial charge is 0.0666 e. The van der Waals surface area contributed by atoms with E-state index < -0.39 is 0 Å². The number of nitriles is 1. The minimum absolute atomic E-state index is 0.0550. The number of anilines is 1.